The first-order chi connectivity index (χ1) is 48.4. The summed E-state index contributed by atoms with van der Waals surface area (Å²) in [4.78, 5) is 16.5. The predicted octanol–water partition coefficient (Wildman–Crippen LogP) is 22.4. The van der Waals surface area contributed by atoms with Crippen molar-refractivity contribution >= 4 is 43.6 Å². The molecule has 17 aromatic rings. The van der Waals surface area contributed by atoms with Gasteiger partial charge in [-0.05, 0) is 164 Å². The molecule has 8 heteroatoms. The molecule has 3 heterocycles. The van der Waals surface area contributed by atoms with Gasteiger partial charge in [-0.3, -0.25) is 0 Å². The summed E-state index contributed by atoms with van der Waals surface area (Å²) in [5, 5.41) is 35.5. The minimum Gasteiger partial charge on any atom is -0.309 e. The molecule has 0 fully saturated rings. The maximum Gasteiger partial charge on any atom is 0.164 e. The van der Waals surface area contributed by atoms with Crippen LogP contribution in [-0.4, -0.2) is 24.1 Å². The average Bonchev–Trinajstić information content (AvgIpc) is 1.35. The molecule has 8 nitrogen and oxygen atoms in total. The van der Waals surface area contributed by atoms with Crippen LogP contribution >= 0.6 is 0 Å². The highest BCUT2D eigenvalue weighted by Gasteiger charge is 2.24. The Morgan fingerprint density at radius 2 is 0.520 bits per heavy atom. The monoisotopic (exact) mass is 1250 g/mol. The van der Waals surface area contributed by atoms with E-state index in [1.807, 2.05) is 109 Å². The summed E-state index contributed by atoms with van der Waals surface area (Å²) in [5.74, 6) is 1.28. The molecule has 14 aromatic carbocycles. The molecule has 0 spiro atoms. The number of nitrogens with zero attached hydrogens (tertiary/aromatic N) is 8. The Morgan fingerprint density at radius 1 is 0.214 bits per heavy atom. The normalized spacial score (nSPS) is 11.2. The summed E-state index contributed by atoms with van der Waals surface area (Å²) in [6, 6.07) is 120. The summed E-state index contributed by atoms with van der Waals surface area (Å²) in [5.41, 5.74) is 23.6. The van der Waals surface area contributed by atoms with E-state index in [9.17, 15) is 15.8 Å². The Labute approximate surface area is 566 Å². The van der Waals surface area contributed by atoms with Gasteiger partial charge in [-0.2, -0.15) is 15.8 Å². The summed E-state index contributed by atoms with van der Waals surface area (Å²) >= 11 is 0. The quantitative estimate of drug-likeness (QED) is 0.120. The van der Waals surface area contributed by atoms with E-state index >= 15 is 0 Å². The summed E-state index contributed by atoms with van der Waals surface area (Å²) in [7, 11) is 0. The predicted molar refractivity (Wildman–Crippen MR) is 397 cm³/mol. The Hall–Kier alpha value is -13.8. The van der Waals surface area contributed by atoms with Gasteiger partial charge in [0, 0.05) is 49.4 Å². The zero-order chi connectivity index (χ0) is 65.6. The van der Waals surface area contributed by atoms with Crippen molar-refractivity contribution in [3.8, 4) is 142 Å². The Balaban J connectivity index is 0.922. The van der Waals surface area contributed by atoms with E-state index < -0.39 is 0 Å². The summed E-state index contributed by atoms with van der Waals surface area (Å²) in [6.07, 6.45) is 0. The van der Waals surface area contributed by atoms with Crippen molar-refractivity contribution in [1.29, 1.82) is 15.8 Å². The molecule has 0 unspecified atom stereocenters. The van der Waals surface area contributed by atoms with Crippen LogP contribution < -0.4 is 0 Å². The second kappa shape index (κ2) is 24.6. The molecule has 17 rings (SSSR count). The van der Waals surface area contributed by atoms with Gasteiger partial charge in [0.15, 0.2) is 17.5 Å². The highest BCUT2D eigenvalue weighted by molar-refractivity contribution is 6.14. The molecular formula is C90H54N8. The number of hydrogen-bond donors (Lipinski definition) is 0. The third kappa shape index (κ3) is 10.5. The number of hydrogen-bond acceptors (Lipinski definition) is 6. The molecule has 0 saturated heterocycles. The molecule has 0 bridgehead atoms. The van der Waals surface area contributed by atoms with Crippen LogP contribution in [0.5, 0.6) is 0 Å². The second-order valence-corrected chi connectivity index (χ2v) is 24.5. The molecular weight excluding hydrogens is 1190 g/mol. The van der Waals surface area contributed by atoms with Gasteiger partial charge in [-0.1, -0.05) is 231 Å². The van der Waals surface area contributed by atoms with Crippen molar-refractivity contribution in [3.05, 3.63) is 344 Å². The third-order valence-electron chi connectivity index (χ3n) is 18.7. The van der Waals surface area contributed by atoms with E-state index in [2.05, 4.69) is 246 Å². The van der Waals surface area contributed by atoms with Crippen LogP contribution in [0.3, 0.4) is 0 Å². The molecule has 0 aliphatic rings. The van der Waals surface area contributed by atoms with Crippen molar-refractivity contribution in [1.82, 2.24) is 24.1 Å². The van der Waals surface area contributed by atoms with Crippen LogP contribution in [0.25, 0.3) is 167 Å². The van der Waals surface area contributed by atoms with Gasteiger partial charge in [0.2, 0.25) is 0 Å². The fourth-order valence-electron chi connectivity index (χ4n) is 13.9. The minimum atomic E-state index is 0.427. The van der Waals surface area contributed by atoms with E-state index in [-0.39, 0.29) is 0 Å². The molecule has 3 aromatic heterocycles. The van der Waals surface area contributed by atoms with Crippen LogP contribution in [0, 0.1) is 34.0 Å². The second-order valence-electron chi connectivity index (χ2n) is 24.5. The molecule has 0 aliphatic heterocycles. The van der Waals surface area contributed by atoms with E-state index in [0.29, 0.717) is 34.2 Å². The van der Waals surface area contributed by atoms with Crippen molar-refractivity contribution in [2.75, 3.05) is 0 Å². The first-order valence-electron chi connectivity index (χ1n) is 32.5. The summed E-state index contributed by atoms with van der Waals surface area (Å²) in [6.45, 7) is 0. The lowest BCUT2D eigenvalue weighted by Crippen LogP contribution is -2.03. The lowest BCUT2D eigenvalue weighted by atomic mass is 9.98. The molecule has 0 radical (unpaired) electrons. The highest BCUT2D eigenvalue weighted by Crippen LogP contribution is 2.44. The van der Waals surface area contributed by atoms with Gasteiger partial charge in [-0.15, -0.1) is 0 Å². The van der Waals surface area contributed by atoms with E-state index in [4.69, 9.17) is 15.0 Å². The molecule has 454 valence electrons. The van der Waals surface area contributed by atoms with Crippen molar-refractivity contribution in [3.63, 3.8) is 0 Å². The standard InChI is InChI=1S/C90H54N8/c91-55-58-18-15-29-68(46-58)76-40-34-72(53-86(76)97-82-42-36-64(60-20-5-1-6-21-60)49-78(82)79-50-65(37-43-83(79)97)61-22-7-2-8-23-61)89-94-88(71-32-17-31-70(48-71)75-33-14-13-28-74(75)57-93)95-90(96-89)73-35-41-77(69-30-16-19-59(47-69)56-92)87(54-73)98-84-44-38-66(62-24-9-3-10-25-62)51-80(84)81-52-67(39-45-85(81)98)63-26-11-4-12-27-63/h1-54H. The maximum atomic E-state index is 10.4. The van der Waals surface area contributed by atoms with Crippen LogP contribution in [-0.2, 0) is 0 Å². The van der Waals surface area contributed by atoms with Gasteiger partial charge in [0.05, 0.1) is 68.3 Å². The Morgan fingerprint density at radius 3 is 0.888 bits per heavy atom. The highest BCUT2D eigenvalue weighted by atomic mass is 15.0. The minimum absolute atomic E-state index is 0.427. The van der Waals surface area contributed by atoms with Crippen LogP contribution in [0.1, 0.15) is 16.7 Å². The van der Waals surface area contributed by atoms with Gasteiger partial charge in [0.25, 0.3) is 0 Å². The molecule has 0 saturated carbocycles. The molecule has 98 heavy (non-hydrogen) atoms. The van der Waals surface area contributed by atoms with Crippen LogP contribution in [0.2, 0.25) is 0 Å². The maximum absolute atomic E-state index is 10.4. The molecule has 0 N–H and O–H groups in total. The lowest BCUT2D eigenvalue weighted by Gasteiger charge is -2.18. The number of rotatable bonds is 12. The van der Waals surface area contributed by atoms with Crippen LogP contribution in [0.15, 0.2) is 328 Å². The van der Waals surface area contributed by atoms with E-state index in [0.717, 1.165) is 150 Å². The lowest BCUT2D eigenvalue weighted by molar-refractivity contribution is 1.07. The summed E-state index contributed by atoms with van der Waals surface area (Å²) < 4.78 is 4.68. The van der Waals surface area contributed by atoms with Gasteiger partial charge in [-0.25, -0.2) is 15.0 Å². The van der Waals surface area contributed by atoms with Gasteiger partial charge >= 0.3 is 0 Å². The smallest absolute Gasteiger partial charge is 0.164 e. The number of nitriles is 3. The first kappa shape index (κ1) is 58.0. The molecule has 0 aliphatic carbocycles. The molecule has 0 atom stereocenters. The number of fused-ring (bicyclic) bond motifs is 6. The third-order valence-corrected chi connectivity index (χ3v) is 18.7. The number of aromatic nitrogens is 5. The van der Waals surface area contributed by atoms with Gasteiger partial charge < -0.3 is 9.13 Å². The zero-order valence-corrected chi connectivity index (χ0v) is 52.8. The fraction of sp³-hybridized carbons (Fsp3) is 0. The Bertz CT molecular complexity index is 5630. The SMILES string of the molecule is N#Cc1cccc(-c2ccc(-c3nc(-c4cccc(-c5ccccc5C#N)c4)nc(-c4ccc(-c5cccc(C#N)c5)c(-n5c6ccc(-c7ccccc7)cc6c6cc(-c7ccccc7)ccc65)c4)n3)cc2-n2c3ccc(-c4ccccc4)cc3c3cc(-c4ccccc4)ccc32)c1. The topological polar surface area (TPSA) is 120 Å². The largest absolute Gasteiger partial charge is 0.309 e. The zero-order valence-electron chi connectivity index (χ0n) is 52.8. The van der Waals surface area contributed by atoms with E-state index in [1.54, 1.807) is 0 Å². The fourth-order valence-corrected chi connectivity index (χ4v) is 13.9. The van der Waals surface area contributed by atoms with Crippen molar-refractivity contribution in [2.45, 2.75) is 0 Å². The molecule has 0 amide bonds. The van der Waals surface area contributed by atoms with Crippen LogP contribution in [0.4, 0.5) is 0 Å². The average molecular weight is 1250 g/mol. The van der Waals surface area contributed by atoms with Crippen molar-refractivity contribution in [2.24, 2.45) is 0 Å². The van der Waals surface area contributed by atoms with Crippen molar-refractivity contribution < 1.29 is 0 Å². The number of benzene rings is 14. The van der Waals surface area contributed by atoms with E-state index in [1.165, 1.54) is 0 Å². The van der Waals surface area contributed by atoms with Gasteiger partial charge in [0.1, 0.15) is 0 Å². The first-order valence-corrected chi connectivity index (χ1v) is 32.5. The Kier molecular flexibility index (Phi) is 14.5.